The first-order chi connectivity index (χ1) is 13.5. The molecule has 160 valence electrons. The molecule has 3 heterocycles. The predicted molar refractivity (Wildman–Crippen MR) is 93.7 cm³/mol. The maximum absolute atomic E-state index is 13.1. The molecular formula is C18H23F3N4O4. The van der Waals surface area contributed by atoms with Gasteiger partial charge in [0.05, 0.1) is 6.42 Å². The SMILES string of the molecule is CC(C)CN1C(=O)N(CCC(F)(F)F)C(=O)C12CCN(C(=O)c1ccon1)CC2. The van der Waals surface area contributed by atoms with Gasteiger partial charge in [-0.15, -0.1) is 0 Å². The van der Waals surface area contributed by atoms with Crippen molar-refractivity contribution < 1.29 is 32.1 Å². The first-order valence-corrected chi connectivity index (χ1v) is 9.45. The zero-order valence-corrected chi connectivity index (χ0v) is 16.2. The lowest BCUT2D eigenvalue weighted by Gasteiger charge is -2.42. The van der Waals surface area contributed by atoms with Crippen LogP contribution in [0.5, 0.6) is 0 Å². The van der Waals surface area contributed by atoms with E-state index < -0.39 is 36.6 Å². The van der Waals surface area contributed by atoms with Crippen molar-refractivity contribution in [1.82, 2.24) is 19.9 Å². The fraction of sp³-hybridized carbons (Fsp3) is 0.667. The van der Waals surface area contributed by atoms with Gasteiger partial charge in [-0.25, -0.2) is 4.79 Å². The standard InChI is InChI=1S/C18H23F3N4O4/c1-12(2)11-25-16(28)24(9-6-18(19,20)21)15(27)17(25)4-7-23(8-5-17)14(26)13-3-10-29-22-13/h3,10,12H,4-9,11H2,1-2H3. The van der Waals surface area contributed by atoms with Gasteiger partial charge in [0.2, 0.25) is 0 Å². The van der Waals surface area contributed by atoms with Gasteiger partial charge < -0.3 is 14.3 Å². The molecule has 0 radical (unpaired) electrons. The summed E-state index contributed by atoms with van der Waals surface area (Å²) in [5, 5.41) is 3.61. The fourth-order valence-corrected chi connectivity index (χ4v) is 3.88. The molecule has 0 aliphatic carbocycles. The number of halogens is 3. The molecule has 0 bridgehead atoms. The van der Waals surface area contributed by atoms with Crippen LogP contribution in [0.2, 0.25) is 0 Å². The summed E-state index contributed by atoms with van der Waals surface area (Å²) in [7, 11) is 0. The van der Waals surface area contributed by atoms with E-state index in [1.807, 2.05) is 13.8 Å². The topological polar surface area (TPSA) is 87.0 Å². The lowest BCUT2D eigenvalue weighted by atomic mass is 9.85. The highest BCUT2D eigenvalue weighted by Crippen LogP contribution is 2.38. The maximum Gasteiger partial charge on any atom is 0.390 e. The van der Waals surface area contributed by atoms with Gasteiger partial charge in [-0.3, -0.25) is 14.5 Å². The number of hydrogen-bond donors (Lipinski definition) is 0. The zero-order chi connectivity index (χ0) is 21.4. The van der Waals surface area contributed by atoms with Crippen LogP contribution in [0, 0.1) is 5.92 Å². The number of urea groups is 1. The second-order valence-electron chi connectivity index (χ2n) is 7.82. The number of aromatic nitrogens is 1. The molecule has 0 saturated carbocycles. The number of imide groups is 1. The molecule has 4 amide bonds. The summed E-state index contributed by atoms with van der Waals surface area (Å²) in [6.07, 6.45) is -4.10. The summed E-state index contributed by atoms with van der Waals surface area (Å²) in [5.41, 5.74) is -1.08. The molecule has 2 aliphatic rings. The highest BCUT2D eigenvalue weighted by atomic mass is 19.4. The Balaban J connectivity index is 1.79. The zero-order valence-electron chi connectivity index (χ0n) is 16.2. The Morgan fingerprint density at radius 3 is 2.45 bits per heavy atom. The number of carbonyl (C=O) groups excluding carboxylic acids is 3. The summed E-state index contributed by atoms with van der Waals surface area (Å²) >= 11 is 0. The quantitative estimate of drug-likeness (QED) is 0.689. The summed E-state index contributed by atoms with van der Waals surface area (Å²) in [6, 6.07) is 0.741. The molecule has 29 heavy (non-hydrogen) atoms. The molecule has 3 rings (SSSR count). The van der Waals surface area contributed by atoms with Crippen molar-refractivity contribution in [2.75, 3.05) is 26.2 Å². The average molecular weight is 416 g/mol. The average Bonchev–Trinajstić information content (AvgIpc) is 3.24. The number of amides is 4. The molecule has 1 aromatic heterocycles. The smallest absolute Gasteiger partial charge is 0.364 e. The third kappa shape index (κ3) is 4.08. The molecule has 2 saturated heterocycles. The van der Waals surface area contributed by atoms with E-state index in [0.29, 0.717) is 4.90 Å². The number of nitrogens with zero attached hydrogens (tertiary/aromatic N) is 4. The Hall–Kier alpha value is -2.59. The van der Waals surface area contributed by atoms with Crippen molar-refractivity contribution in [3.05, 3.63) is 18.0 Å². The van der Waals surface area contributed by atoms with E-state index >= 15 is 0 Å². The summed E-state index contributed by atoms with van der Waals surface area (Å²) in [6.45, 7) is 3.67. The predicted octanol–water partition coefficient (Wildman–Crippen LogP) is 2.52. The second kappa shape index (κ2) is 7.68. The minimum absolute atomic E-state index is 0.0287. The number of rotatable bonds is 5. The highest BCUT2D eigenvalue weighted by molar-refractivity contribution is 6.07. The van der Waals surface area contributed by atoms with Crippen LogP contribution in [0.3, 0.4) is 0 Å². The number of carbonyl (C=O) groups is 3. The van der Waals surface area contributed by atoms with Crippen LogP contribution < -0.4 is 0 Å². The number of likely N-dealkylation sites (tertiary alicyclic amines) is 1. The first-order valence-electron chi connectivity index (χ1n) is 9.45. The van der Waals surface area contributed by atoms with Crippen LogP contribution in [0.25, 0.3) is 0 Å². The van der Waals surface area contributed by atoms with E-state index in [1.54, 1.807) is 0 Å². The second-order valence-corrected chi connectivity index (χ2v) is 7.82. The fourth-order valence-electron chi connectivity index (χ4n) is 3.88. The Kier molecular flexibility index (Phi) is 5.59. The minimum atomic E-state index is -4.47. The van der Waals surface area contributed by atoms with Gasteiger partial charge in [0.15, 0.2) is 5.69 Å². The summed E-state index contributed by atoms with van der Waals surface area (Å²) in [5.74, 6) is -0.934. The molecular weight excluding hydrogens is 393 g/mol. The maximum atomic E-state index is 13.1. The van der Waals surface area contributed by atoms with Crippen LogP contribution in [0.4, 0.5) is 18.0 Å². The van der Waals surface area contributed by atoms with Gasteiger partial charge >= 0.3 is 12.2 Å². The summed E-state index contributed by atoms with van der Waals surface area (Å²) in [4.78, 5) is 41.9. The Bertz CT molecular complexity index is 771. The van der Waals surface area contributed by atoms with E-state index in [4.69, 9.17) is 0 Å². The van der Waals surface area contributed by atoms with E-state index in [2.05, 4.69) is 9.68 Å². The Morgan fingerprint density at radius 1 is 1.28 bits per heavy atom. The van der Waals surface area contributed by atoms with Crippen molar-refractivity contribution in [3.8, 4) is 0 Å². The van der Waals surface area contributed by atoms with Crippen molar-refractivity contribution in [1.29, 1.82) is 0 Å². The minimum Gasteiger partial charge on any atom is -0.364 e. The summed E-state index contributed by atoms with van der Waals surface area (Å²) < 4.78 is 42.7. The van der Waals surface area contributed by atoms with Gasteiger partial charge in [-0.05, 0) is 18.8 Å². The molecule has 1 aromatic rings. The molecule has 0 aromatic carbocycles. The molecule has 11 heteroatoms. The van der Waals surface area contributed by atoms with Crippen LogP contribution >= 0.6 is 0 Å². The van der Waals surface area contributed by atoms with Crippen LogP contribution in [0.15, 0.2) is 16.9 Å². The molecule has 1 spiro atoms. The largest absolute Gasteiger partial charge is 0.390 e. The number of alkyl halides is 3. The third-order valence-electron chi connectivity index (χ3n) is 5.32. The van der Waals surface area contributed by atoms with Crippen molar-refractivity contribution in [2.45, 2.75) is 44.8 Å². The van der Waals surface area contributed by atoms with E-state index in [9.17, 15) is 27.6 Å². The monoisotopic (exact) mass is 416 g/mol. The van der Waals surface area contributed by atoms with Crippen LogP contribution in [-0.2, 0) is 4.79 Å². The van der Waals surface area contributed by atoms with Gasteiger partial charge in [-0.2, -0.15) is 13.2 Å². The molecule has 0 unspecified atom stereocenters. The van der Waals surface area contributed by atoms with Gasteiger partial charge in [0.25, 0.3) is 11.8 Å². The first kappa shape index (κ1) is 21.1. The van der Waals surface area contributed by atoms with Crippen LogP contribution in [0.1, 0.15) is 43.6 Å². The van der Waals surface area contributed by atoms with Gasteiger partial charge in [-0.1, -0.05) is 19.0 Å². The lowest BCUT2D eigenvalue weighted by Crippen LogP contribution is -2.58. The lowest BCUT2D eigenvalue weighted by molar-refractivity contribution is -0.144. The van der Waals surface area contributed by atoms with Gasteiger partial charge in [0.1, 0.15) is 11.8 Å². The number of hydrogen-bond acceptors (Lipinski definition) is 5. The molecule has 0 N–H and O–H groups in total. The van der Waals surface area contributed by atoms with E-state index in [1.165, 1.54) is 22.1 Å². The van der Waals surface area contributed by atoms with Crippen molar-refractivity contribution in [2.24, 2.45) is 5.92 Å². The molecule has 2 aliphatic heterocycles. The third-order valence-corrected chi connectivity index (χ3v) is 5.32. The van der Waals surface area contributed by atoms with Gasteiger partial charge in [0, 0.05) is 32.2 Å². The van der Waals surface area contributed by atoms with E-state index in [-0.39, 0.29) is 50.0 Å². The molecule has 0 atom stereocenters. The normalized spacial score (nSPS) is 19.7. The Labute approximate surface area is 165 Å². The van der Waals surface area contributed by atoms with Crippen molar-refractivity contribution >= 4 is 17.8 Å². The van der Waals surface area contributed by atoms with Crippen LogP contribution in [-0.4, -0.2) is 75.6 Å². The molecule has 8 nitrogen and oxygen atoms in total. The van der Waals surface area contributed by atoms with Crippen molar-refractivity contribution in [3.63, 3.8) is 0 Å². The van der Waals surface area contributed by atoms with E-state index in [0.717, 1.165) is 0 Å². The number of piperidine rings is 1. The highest BCUT2D eigenvalue weighted by Gasteiger charge is 2.58. The molecule has 2 fully saturated rings. The Morgan fingerprint density at radius 2 is 1.93 bits per heavy atom.